The molecule has 2 atom stereocenters. The van der Waals surface area contributed by atoms with Crippen molar-refractivity contribution in [2.75, 3.05) is 6.61 Å². The fourth-order valence-corrected chi connectivity index (χ4v) is 2.64. The minimum Gasteiger partial charge on any atom is -0.442 e. The van der Waals surface area contributed by atoms with Crippen LogP contribution < -0.4 is 0 Å². The Kier molecular flexibility index (Phi) is 4.61. The van der Waals surface area contributed by atoms with E-state index in [2.05, 4.69) is 22.7 Å². The van der Waals surface area contributed by atoms with E-state index in [0.29, 0.717) is 6.04 Å². The van der Waals surface area contributed by atoms with Crippen LogP contribution in [0.1, 0.15) is 25.8 Å². The number of imidazole rings is 1. The standard InChI is InChI=1S/C14H18N3O.Ir/c1-11-13(4-3-9-18-11)17-8-6-15-14(17)12-5-7-16(2)10-12;/h5-8,11,13H,3-4,9H2,1-2H3;/q-1;. The first-order valence-corrected chi connectivity index (χ1v) is 6.45. The summed E-state index contributed by atoms with van der Waals surface area (Å²) in [6.45, 7) is 3.02. The zero-order chi connectivity index (χ0) is 12.5. The summed E-state index contributed by atoms with van der Waals surface area (Å²) in [6.07, 6.45) is 11.7. The first-order valence-electron chi connectivity index (χ1n) is 6.45. The van der Waals surface area contributed by atoms with Crippen molar-refractivity contribution < 1.29 is 24.8 Å². The van der Waals surface area contributed by atoms with Crippen molar-refractivity contribution in [3.05, 3.63) is 30.9 Å². The third-order valence-corrected chi connectivity index (χ3v) is 3.60. The van der Waals surface area contributed by atoms with E-state index in [4.69, 9.17) is 4.74 Å². The van der Waals surface area contributed by atoms with Gasteiger partial charge in [-0.05, 0) is 26.8 Å². The maximum atomic E-state index is 5.75. The van der Waals surface area contributed by atoms with Crippen LogP contribution in [0.25, 0.3) is 11.4 Å². The number of aryl methyl sites for hydroxylation is 1. The van der Waals surface area contributed by atoms with Gasteiger partial charge < -0.3 is 13.9 Å². The summed E-state index contributed by atoms with van der Waals surface area (Å²) in [4.78, 5) is 4.47. The van der Waals surface area contributed by atoms with Gasteiger partial charge in [-0.15, -0.1) is 6.20 Å². The molecule has 0 aliphatic carbocycles. The zero-order valence-electron chi connectivity index (χ0n) is 11.2. The average Bonchev–Trinajstić information content (AvgIpc) is 2.98. The monoisotopic (exact) mass is 437 g/mol. The summed E-state index contributed by atoms with van der Waals surface area (Å²) in [5, 5.41) is 0. The molecule has 0 spiro atoms. The molecule has 1 saturated heterocycles. The topological polar surface area (TPSA) is 32.0 Å². The van der Waals surface area contributed by atoms with Gasteiger partial charge in [-0.3, -0.25) is 4.98 Å². The number of hydrogen-bond donors (Lipinski definition) is 0. The van der Waals surface area contributed by atoms with Crippen molar-refractivity contribution in [1.29, 1.82) is 0 Å². The smallest absolute Gasteiger partial charge is 0.0746 e. The van der Waals surface area contributed by atoms with Gasteiger partial charge in [-0.2, -0.15) is 6.07 Å². The maximum absolute atomic E-state index is 5.75. The second-order valence-electron chi connectivity index (χ2n) is 4.90. The van der Waals surface area contributed by atoms with Crippen molar-refractivity contribution in [2.45, 2.75) is 31.9 Å². The van der Waals surface area contributed by atoms with Gasteiger partial charge in [0.25, 0.3) is 0 Å². The van der Waals surface area contributed by atoms with E-state index in [-0.39, 0.29) is 26.2 Å². The molecular formula is C14H18IrN3O-. The maximum Gasteiger partial charge on any atom is 0.0746 e. The number of nitrogens with zero attached hydrogens (tertiary/aromatic N) is 3. The van der Waals surface area contributed by atoms with Gasteiger partial charge in [0.2, 0.25) is 0 Å². The Balaban J connectivity index is 0.00000133. The Morgan fingerprint density at radius 1 is 1.42 bits per heavy atom. The molecule has 3 heterocycles. The van der Waals surface area contributed by atoms with Gasteiger partial charge in [0.1, 0.15) is 0 Å². The molecule has 0 amide bonds. The molecule has 0 aromatic carbocycles. The predicted molar refractivity (Wildman–Crippen MR) is 69.2 cm³/mol. The van der Waals surface area contributed by atoms with Crippen LogP contribution in [0.15, 0.2) is 24.7 Å². The summed E-state index contributed by atoms with van der Waals surface area (Å²) in [7, 11) is 1.98. The summed E-state index contributed by atoms with van der Waals surface area (Å²) in [6, 6.07) is 2.43. The fourth-order valence-electron chi connectivity index (χ4n) is 2.64. The summed E-state index contributed by atoms with van der Waals surface area (Å²) < 4.78 is 9.90. The zero-order valence-corrected chi connectivity index (χ0v) is 13.6. The molecule has 1 aliphatic heterocycles. The molecule has 2 unspecified atom stereocenters. The van der Waals surface area contributed by atoms with Crippen molar-refractivity contribution in [3.63, 3.8) is 0 Å². The summed E-state index contributed by atoms with van der Waals surface area (Å²) in [5.41, 5.74) is 1.04. The molecule has 19 heavy (non-hydrogen) atoms. The second kappa shape index (κ2) is 6.04. The molecule has 105 valence electrons. The van der Waals surface area contributed by atoms with Crippen LogP contribution in [-0.2, 0) is 31.9 Å². The van der Waals surface area contributed by atoms with Crippen LogP contribution in [0.3, 0.4) is 0 Å². The van der Waals surface area contributed by atoms with Crippen LogP contribution in [-0.4, -0.2) is 26.8 Å². The Morgan fingerprint density at radius 2 is 2.26 bits per heavy atom. The molecule has 0 bridgehead atoms. The third kappa shape index (κ3) is 2.83. The molecule has 1 fully saturated rings. The molecule has 1 aliphatic rings. The Hall–Kier alpha value is -0.901. The number of hydrogen-bond acceptors (Lipinski definition) is 2. The first kappa shape index (κ1) is 14.5. The van der Waals surface area contributed by atoms with E-state index in [9.17, 15) is 0 Å². The van der Waals surface area contributed by atoms with E-state index in [1.54, 1.807) is 0 Å². The molecule has 1 radical (unpaired) electrons. The normalized spacial score (nSPS) is 23.1. The predicted octanol–water partition coefficient (Wildman–Crippen LogP) is 2.43. The SMILES string of the molecule is CC1OCCCC1n1ccnc1-c1[c-]n(C)cc1.[Ir]. The van der Waals surface area contributed by atoms with Gasteiger partial charge in [0, 0.05) is 39.1 Å². The Labute approximate surface area is 127 Å². The molecule has 4 nitrogen and oxygen atoms in total. The second-order valence-corrected chi connectivity index (χ2v) is 4.90. The van der Waals surface area contributed by atoms with E-state index in [0.717, 1.165) is 30.8 Å². The van der Waals surface area contributed by atoms with E-state index in [1.807, 2.05) is 36.3 Å². The summed E-state index contributed by atoms with van der Waals surface area (Å²) in [5.74, 6) is 0.984. The minimum absolute atomic E-state index is 0. The molecular weight excluding hydrogens is 418 g/mol. The Morgan fingerprint density at radius 3 is 2.95 bits per heavy atom. The molecule has 5 heteroatoms. The molecule has 3 rings (SSSR count). The minimum atomic E-state index is 0. The summed E-state index contributed by atoms with van der Waals surface area (Å²) >= 11 is 0. The van der Waals surface area contributed by atoms with Crippen LogP contribution in [0.5, 0.6) is 0 Å². The van der Waals surface area contributed by atoms with E-state index >= 15 is 0 Å². The molecule has 2 aromatic rings. The quantitative estimate of drug-likeness (QED) is 0.678. The van der Waals surface area contributed by atoms with Crippen molar-refractivity contribution in [1.82, 2.24) is 14.1 Å². The van der Waals surface area contributed by atoms with Gasteiger partial charge >= 0.3 is 0 Å². The first-order chi connectivity index (χ1) is 8.75. The van der Waals surface area contributed by atoms with Gasteiger partial charge in [0.05, 0.1) is 18.0 Å². The van der Waals surface area contributed by atoms with Crippen molar-refractivity contribution in [2.24, 2.45) is 7.05 Å². The van der Waals surface area contributed by atoms with Crippen LogP contribution in [0.4, 0.5) is 0 Å². The number of rotatable bonds is 2. The molecule has 2 aromatic heterocycles. The van der Waals surface area contributed by atoms with Crippen LogP contribution >= 0.6 is 0 Å². The number of ether oxygens (including phenoxy) is 1. The number of aromatic nitrogens is 3. The largest absolute Gasteiger partial charge is 0.442 e. The van der Waals surface area contributed by atoms with Crippen molar-refractivity contribution >= 4 is 0 Å². The fraction of sp³-hybridized carbons (Fsp3) is 0.500. The average molecular weight is 437 g/mol. The third-order valence-electron chi connectivity index (χ3n) is 3.60. The van der Waals surface area contributed by atoms with Crippen LogP contribution in [0.2, 0.25) is 0 Å². The van der Waals surface area contributed by atoms with Crippen molar-refractivity contribution in [3.8, 4) is 11.4 Å². The van der Waals surface area contributed by atoms with E-state index in [1.165, 1.54) is 0 Å². The molecule has 0 N–H and O–H groups in total. The van der Waals surface area contributed by atoms with Gasteiger partial charge in [-0.25, -0.2) is 0 Å². The van der Waals surface area contributed by atoms with Gasteiger partial charge in [0.15, 0.2) is 0 Å². The van der Waals surface area contributed by atoms with Gasteiger partial charge in [-0.1, -0.05) is 11.8 Å². The van der Waals surface area contributed by atoms with E-state index < -0.39 is 0 Å². The Bertz CT molecular complexity index is 534. The molecule has 0 saturated carbocycles. The van der Waals surface area contributed by atoms with Crippen LogP contribution in [0, 0.1) is 6.20 Å².